The van der Waals surface area contributed by atoms with Crippen molar-refractivity contribution in [1.82, 2.24) is 14.5 Å². The van der Waals surface area contributed by atoms with E-state index < -0.39 is 22.8 Å². The second-order valence-electron chi connectivity index (χ2n) is 6.39. The van der Waals surface area contributed by atoms with Gasteiger partial charge in [-0.05, 0) is 24.6 Å². The van der Waals surface area contributed by atoms with E-state index in [0.29, 0.717) is 25.3 Å². The van der Waals surface area contributed by atoms with Crippen molar-refractivity contribution >= 4 is 35.2 Å². The lowest BCUT2D eigenvalue weighted by molar-refractivity contribution is 0.0695. The molecule has 8 nitrogen and oxygen atoms in total. The van der Waals surface area contributed by atoms with Crippen molar-refractivity contribution in [3.8, 4) is 5.82 Å². The number of nitrogens with zero attached hydrogens (tertiary/aromatic N) is 4. The molecule has 3 aromatic heterocycles. The van der Waals surface area contributed by atoms with Gasteiger partial charge in [-0.3, -0.25) is 9.36 Å². The Morgan fingerprint density at radius 3 is 2.75 bits per heavy atom. The number of hydrogen-bond donors (Lipinski definition) is 2. The predicted molar refractivity (Wildman–Crippen MR) is 104 cm³/mol. The third-order valence-electron chi connectivity index (χ3n) is 4.56. The molecular formula is C18H17ClFN5O3. The van der Waals surface area contributed by atoms with Crippen molar-refractivity contribution in [1.29, 1.82) is 0 Å². The van der Waals surface area contributed by atoms with Crippen LogP contribution in [0.25, 0.3) is 16.9 Å². The van der Waals surface area contributed by atoms with Crippen LogP contribution in [0.1, 0.15) is 16.8 Å². The van der Waals surface area contributed by atoms with E-state index in [0.717, 1.165) is 6.07 Å². The highest BCUT2D eigenvalue weighted by Gasteiger charge is 2.25. The van der Waals surface area contributed by atoms with Gasteiger partial charge in [0.2, 0.25) is 5.43 Å². The summed E-state index contributed by atoms with van der Waals surface area (Å²) in [5, 5.41) is 9.23. The van der Waals surface area contributed by atoms with Gasteiger partial charge in [-0.1, -0.05) is 6.07 Å². The predicted octanol–water partition coefficient (Wildman–Crippen LogP) is 1.58. The highest BCUT2D eigenvalue weighted by molar-refractivity contribution is 5.92. The maximum atomic E-state index is 14.7. The first-order chi connectivity index (χ1) is 13.0. The van der Waals surface area contributed by atoms with E-state index in [4.69, 9.17) is 5.73 Å². The summed E-state index contributed by atoms with van der Waals surface area (Å²) in [7, 11) is 0. The topological polar surface area (TPSA) is 114 Å². The van der Waals surface area contributed by atoms with E-state index in [1.165, 1.54) is 17.0 Å². The molecule has 1 aliphatic rings. The first kappa shape index (κ1) is 19.7. The number of carboxylic acid groups (broad SMARTS) is 1. The SMILES string of the molecule is Cl.NC1CCN(c2nc3c(cc2F)c(=O)c(C(=O)O)cn3-c2ccccn2)C1. The van der Waals surface area contributed by atoms with Crippen LogP contribution in [-0.2, 0) is 0 Å². The van der Waals surface area contributed by atoms with E-state index in [1.54, 1.807) is 23.1 Å². The number of aromatic nitrogens is 3. The van der Waals surface area contributed by atoms with Crippen molar-refractivity contribution in [2.45, 2.75) is 12.5 Å². The Labute approximate surface area is 164 Å². The normalized spacial score (nSPS) is 16.2. The van der Waals surface area contributed by atoms with Gasteiger partial charge < -0.3 is 15.7 Å². The molecule has 146 valence electrons. The third-order valence-corrected chi connectivity index (χ3v) is 4.56. The van der Waals surface area contributed by atoms with Crippen LogP contribution < -0.4 is 16.1 Å². The molecule has 4 heterocycles. The Kier molecular flexibility index (Phi) is 5.30. The number of nitrogens with two attached hydrogens (primary N) is 1. The van der Waals surface area contributed by atoms with Crippen molar-refractivity contribution in [2.75, 3.05) is 18.0 Å². The summed E-state index contributed by atoms with van der Waals surface area (Å²) in [4.78, 5) is 34.3. The van der Waals surface area contributed by atoms with E-state index >= 15 is 0 Å². The minimum absolute atomic E-state index is 0. The van der Waals surface area contributed by atoms with Crippen LogP contribution in [0.15, 0.2) is 41.5 Å². The first-order valence-corrected chi connectivity index (χ1v) is 8.37. The van der Waals surface area contributed by atoms with Gasteiger partial charge in [-0.25, -0.2) is 19.2 Å². The fraction of sp³-hybridized carbons (Fsp3) is 0.222. The minimum atomic E-state index is -1.40. The molecule has 0 saturated carbocycles. The molecule has 1 unspecified atom stereocenters. The van der Waals surface area contributed by atoms with Gasteiger partial charge in [0.25, 0.3) is 0 Å². The highest BCUT2D eigenvalue weighted by Crippen LogP contribution is 2.25. The molecule has 0 aromatic carbocycles. The maximum Gasteiger partial charge on any atom is 0.341 e. The number of rotatable bonds is 3. The molecule has 0 aliphatic carbocycles. The van der Waals surface area contributed by atoms with Gasteiger partial charge in [-0.2, -0.15) is 0 Å². The van der Waals surface area contributed by atoms with E-state index in [1.807, 2.05) is 0 Å². The van der Waals surface area contributed by atoms with E-state index in [-0.39, 0.29) is 35.3 Å². The number of pyridine rings is 3. The Morgan fingerprint density at radius 2 is 2.14 bits per heavy atom. The lowest BCUT2D eigenvalue weighted by atomic mass is 10.2. The van der Waals surface area contributed by atoms with Crippen LogP contribution in [0, 0.1) is 5.82 Å². The molecule has 4 rings (SSSR count). The highest BCUT2D eigenvalue weighted by atomic mass is 35.5. The molecule has 1 saturated heterocycles. The first-order valence-electron chi connectivity index (χ1n) is 8.37. The lowest BCUT2D eigenvalue weighted by Gasteiger charge is -2.19. The molecule has 3 aromatic rings. The van der Waals surface area contributed by atoms with Crippen molar-refractivity contribution in [2.24, 2.45) is 5.73 Å². The summed E-state index contributed by atoms with van der Waals surface area (Å²) < 4.78 is 16.1. The molecule has 0 spiro atoms. The average molecular weight is 406 g/mol. The molecule has 3 N–H and O–H groups in total. The van der Waals surface area contributed by atoms with Crippen LogP contribution in [-0.4, -0.2) is 44.7 Å². The van der Waals surface area contributed by atoms with Crippen LogP contribution in [0.5, 0.6) is 0 Å². The largest absolute Gasteiger partial charge is 0.477 e. The Bertz CT molecular complexity index is 1110. The van der Waals surface area contributed by atoms with Gasteiger partial charge in [0, 0.05) is 31.5 Å². The standard InChI is InChI=1S/C18H16FN5O3.ClH/c19-13-7-11-15(25)12(18(26)27)9-24(14-3-1-2-5-21-14)16(11)22-17(13)23-6-4-10(20)8-23;/h1-3,5,7,9-10H,4,6,8,20H2,(H,26,27);1H. The average Bonchev–Trinajstić information content (AvgIpc) is 3.08. The Morgan fingerprint density at radius 1 is 1.36 bits per heavy atom. The molecule has 0 radical (unpaired) electrons. The number of carbonyl (C=O) groups is 1. The Balaban J connectivity index is 0.00000225. The number of hydrogen-bond acceptors (Lipinski definition) is 6. The summed E-state index contributed by atoms with van der Waals surface area (Å²) >= 11 is 0. The van der Waals surface area contributed by atoms with Gasteiger partial charge in [-0.15, -0.1) is 12.4 Å². The number of aromatic carboxylic acids is 1. The Hall–Kier alpha value is -3.04. The smallest absolute Gasteiger partial charge is 0.341 e. The maximum absolute atomic E-state index is 14.7. The van der Waals surface area contributed by atoms with Crippen molar-refractivity contribution < 1.29 is 14.3 Å². The molecule has 28 heavy (non-hydrogen) atoms. The molecular weight excluding hydrogens is 389 g/mol. The van der Waals surface area contributed by atoms with Crippen LogP contribution >= 0.6 is 12.4 Å². The zero-order valence-electron chi connectivity index (χ0n) is 14.6. The monoisotopic (exact) mass is 405 g/mol. The van der Waals surface area contributed by atoms with Crippen LogP contribution in [0.2, 0.25) is 0 Å². The molecule has 1 fully saturated rings. The summed E-state index contributed by atoms with van der Waals surface area (Å²) in [5.41, 5.74) is 4.77. The summed E-state index contributed by atoms with van der Waals surface area (Å²) in [6.07, 6.45) is 3.41. The van der Waals surface area contributed by atoms with E-state index in [9.17, 15) is 19.1 Å². The van der Waals surface area contributed by atoms with Crippen LogP contribution in [0.4, 0.5) is 10.2 Å². The van der Waals surface area contributed by atoms with E-state index in [2.05, 4.69) is 9.97 Å². The summed E-state index contributed by atoms with van der Waals surface area (Å²) in [6.45, 7) is 1.01. The second kappa shape index (κ2) is 7.53. The van der Waals surface area contributed by atoms with Gasteiger partial charge in [0.15, 0.2) is 17.3 Å². The molecule has 10 heteroatoms. The molecule has 1 aliphatic heterocycles. The molecule has 0 amide bonds. The fourth-order valence-electron chi connectivity index (χ4n) is 3.24. The molecule has 0 bridgehead atoms. The van der Waals surface area contributed by atoms with Crippen molar-refractivity contribution in [3.63, 3.8) is 0 Å². The number of anilines is 1. The minimum Gasteiger partial charge on any atom is -0.477 e. The third kappa shape index (κ3) is 3.30. The number of carboxylic acids is 1. The zero-order chi connectivity index (χ0) is 19.1. The van der Waals surface area contributed by atoms with Crippen LogP contribution in [0.3, 0.4) is 0 Å². The molecule has 1 atom stereocenters. The lowest BCUT2D eigenvalue weighted by Crippen LogP contribution is -2.28. The second-order valence-corrected chi connectivity index (χ2v) is 6.39. The number of halogens is 2. The zero-order valence-corrected chi connectivity index (χ0v) is 15.4. The van der Waals surface area contributed by atoms with Gasteiger partial charge >= 0.3 is 5.97 Å². The van der Waals surface area contributed by atoms with Gasteiger partial charge in [0.05, 0.1) is 5.39 Å². The number of fused-ring (bicyclic) bond motifs is 1. The summed E-state index contributed by atoms with van der Waals surface area (Å²) in [6, 6.07) is 6.03. The quantitative estimate of drug-likeness (QED) is 0.679. The fourth-order valence-corrected chi connectivity index (χ4v) is 3.24. The summed E-state index contributed by atoms with van der Waals surface area (Å²) in [5.74, 6) is -1.64. The van der Waals surface area contributed by atoms with Crippen molar-refractivity contribution in [3.05, 3.63) is 58.3 Å². The van der Waals surface area contributed by atoms with Gasteiger partial charge in [0.1, 0.15) is 11.4 Å².